The van der Waals surface area contributed by atoms with Gasteiger partial charge in [-0.2, -0.15) is 0 Å². The monoisotopic (exact) mass is 249 g/mol. The van der Waals surface area contributed by atoms with Gasteiger partial charge in [0.05, 0.1) is 26.3 Å². The van der Waals surface area contributed by atoms with Crippen LogP contribution < -0.4 is 5.32 Å². The van der Waals surface area contributed by atoms with Gasteiger partial charge >= 0.3 is 0 Å². The van der Waals surface area contributed by atoms with Crippen molar-refractivity contribution in [3.63, 3.8) is 0 Å². The molecule has 0 radical (unpaired) electrons. The molecule has 0 unspecified atom stereocenters. The number of anilines is 1. The number of quaternary nitrogens is 1. The maximum atomic E-state index is 12.0. The number of nitrogens with zero attached hydrogens (tertiary/aromatic N) is 3. The number of hydrogen-bond acceptors (Lipinski definition) is 3. The number of nitrogens with one attached hydrogen (secondary N) is 1. The number of carbonyl (C=O) groups excluding carboxylic acids is 1. The molecule has 98 valence electrons. The number of aromatic nitrogens is 2. The highest BCUT2D eigenvalue weighted by molar-refractivity contribution is 5.90. The molecule has 2 rings (SSSR count). The van der Waals surface area contributed by atoms with Gasteiger partial charge in [-0.15, -0.1) is 0 Å². The number of hydrogen-bond donors (Lipinski definition) is 1. The van der Waals surface area contributed by atoms with E-state index in [0.717, 1.165) is 23.5 Å². The first-order valence-corrected chi connectivity index (χ1v) is 6.47. The van der Waals surface area contributed by atoms with Gasteiger partial charge in [-0.3, -0.25) is 9.78 Å². The molecule has 1 aliphatic heterocycles. The summed E-state index contributed by atoms with van der Waals surface area (Å²) in [6.07, 6.45) is 7.14. The number of likely N-dealkylation sites (tertiary alicyclic amines) is 1. The van der Waals surface area contributed by atoms with Gasteiger partial charge in [0, 0.05) is 12.4 Å². The van der Waals surface area contributed by atoms with Crippen LogP contribution in [0.5, 0.6) is 0 Å². The van der Waals surface area contributed by atoms with E-state index in [1.54, 1.807) is 18.6 Å². The Labute approximate surface area is 108 Å². The lowest BCUT2D eigenvalue weighted by Crippen LogP contribution is -2.53. The zero-order valence-electron chi connectivity index (χ0n) is 11.1. The van der Waals surface area contributed by atoms with E-state index in [-0.39, 0.29) is 5.91 Å². The van der Waals surface area contributed by atoms with Crippen LogP contribution in [0.15, 0.2) is 18.6 Å². The van der Waals surface area contributed by atoms with E-state index in [1.165, 1.54) is 12.8 Å². The van der Waals surface area contributed by atoms with E-state index in [1.807, 2.05) is 0 Å². The summed E-state index contributed by atoms with van der Waals surface area (Å²) < 4.78 is 0.830. The number of piperidine rings is 1. The summed E-state index contributed by atoms with van der Waals surface area (Å²) in [5.41, 5.74) is 0. The molecule has 0 saturated carbocycles. The van der Waals surface area contributed by atoms with Crippen LogP contribution in [-0.4, -0.2) is 47.0 Å². The van der Waals surface area contributed by atoms with Crippen LogP contribution in [0.4, 0.5) is 5.82 Å². The Morgan fingerprint density at radius 2 is 2.17 bits per heavy atom. The zero-order valence-corrected chi connectivity index (χ0v) is 11.1. The van der Waals surface area contributed by atoms with E-state index in [2.05, 4.69) is 29.3 Å². The summed E-state index contributed by atoms with van der Waals surface area (Å²) in [5.74, 6) is 1.34. The number of rotatable bonds is 3. The lowest BCUT2D eigenvalue weighted by molar-refractivity contribution is -0.907. The summed E-state index contributed by atoms with van der Waals surface area (Å²) in [5, 5.41) is 2.80. The van der Waals surface area contributed by atoms with Crippen LogP contribution in [0.3, 0.4) is 0 Å². The van der Waals surface area contributed by atoms with Gasteiger partial charge in [-0.1, -0.05) is 6.92 Å². The molecule has 1 aromatic heterocycles. The molecule has 1 saturated heterocycles. The van der Waals surface area contributed by atoms with Crippen LogP contribution >= 0.6 is 0 Å². The molecular formula is C13H21N4O+. The standard InChI is InChI=1S/C13H20N4O/c1-11-3-7-17(2,8-4-11)10-13(18)16-12-9-14-5-6-15-12/h5-6,9,11H,3-4,7-8,10H2,1-2H3/p+1. The van der Waals surface area contributed by atoms with Gasteiger partial charge in [0.1, 0.15) is 0 Å². The lowest BCUT2D eigenvalue weighted by atomic mass is 9.97. The molecule has 1 aliphatic rings. The van der Waals surface area contributed by atoms with Gasteiger partial charge in [0.25, 0.3) is 5.91 Å². The van der Waals surface area contributed by atoms with Crippen LogP contribution in [-0.2, 0) is 4.79 Å². The van der Waals surface area contributed by atoms with Crippen molar-refractivity contribution in [3.8, 4) is 0 Å². The minimum absolute atomic E-state index is 0.0209. The van der Waals surface area contributed by atoms with E-state index >= 15 is 0 Å². The molecule has 1 N–H and O–H groups in total. The highest BCUT2D eigenvalue weighted by atomic mass is 16.2. The molecule has 5 heteroatoms. The van der Waals surface area contributed by atoms with E-state index in [9.17, 15) is 4.79 Å². The van der Waals surface area contributed by atoms with Gasteiger partial charge in [-0.25, -0.2) is 4.98 Å². The maximum Gasteiger partial charge on any atom is 0.280 e. The Balaban J connectivity index is 1.87. The largest absolute Gasteiger partial charge is 0.318 e. The fourth-order valence-electron chi connectivity index (χ4n) is 2.37. The molecule has 1 fully saturated rings. The Morgan fingerprint density at radius 1 is 1.44 bits per heavy atom. The third-order valence-electron chi connectivity index (χ3n) is 3.68. The summed E-state index contributed by atoms with van der Waals surface area (Å²) in [4.78, 5) is 19.9. The molecule has 0 spiro atoms. The van der Waals surface area contributed by atoms with Crippen molar-refractivity contribution in [1.29, 1.82) is 0 Å². The number of carbonyl (C=O) groups is 1. The first-order chi connectivity index (χ1) is 8.57. The van der Waals surface area contributed by atoms with Crippen molar-refractivity contribution in [1.82, 2.24) is 9.97 Å². The highest BCUT2D eigenvalue weighted by Crippen LogP contribution is 2.21. The SMILES string of the molecule is CC1CC[N+](C)(CC(=O)Nc2cnccn2)CC1. The van der Waals surface area contributed by atoms with Crippen LogP contribution in [0.2, 0.25) is 0 Å². The smallest absolute Gasteiger partial charge is 0.280 e. The van der Waals surface area contributed by atoms with Gasteiger partial charge in [0.15, 0.2) is 12.4 Å². The lowest BCUT2D eigenvalue weighted by Gasteiger charge is -2.39. The summed E-state index contributed by atoms with van der Waals surface area (Å²) in [6.45, 7) is 4.95. The fourth-order valence-corrected chi connectivity index (χ4v) is 2.37. The molecule has 0 bridgehead atoms. The van der Waals surface area contributed by atoms with Gasteiger partial charge in [0.2, 0.25) is 0 Å². The average Bonchev–Trinajstić information content (AvgIpc) is 2.34. The molecular weight excluding hydrogens is 228 g/mol. The molecule has 0 aliphatic carbocycles. The first kappa shape index (κ1) is 13.0. The quantitative estimate of drug-likeness (QED) is 0.821. The predicted octanol–water partition coefficient (Wildman–Crippen LogP) is 1.29. The Morgan fingerprint density at radius 3 is 2.78 bits per heavy atom. The summed E-state index contributed by atoms with van der Waals surface area (Å²) >= 11 is 0. The second-order valence-corrected chi connectivity index (χ2v) is 5.55. The normalized spacial score (nSPS) is 27.8. The van der Waals surface area contributed by atoms with Crippen molar-refractivity contribution in [2.45, 2.75) is 19.8 Å². The van der Waals surface area contributed by atoms with E-state index < -0.39 is 0 Å². The molecule has 5 nitrogen and oxygen atoms in total. The fraction of sp³-hybridized carbons (Fsp3) is 0.615. The van der Waals surface area contributed by atoms with Gasteiger partial charge < -0.3 is 9.80 Å². The number of likely N-dealkylation sites (N-methyl/N-ethyl adjacent to an activating group) is 1. The average molecular weight is 249 g/mol. The maximum absolute atomic E-state index is 12.0. The Kier molecular flexibility index (Phi) is 3.91. The second-order valence-electron chi connectivity index (χ2n) is 5.55. The minimum atomic E-state index is 0.0209. The van der Waals surface area contributed by atoms with E-state index in [0.29, 0.717) is 12.4 Å². The van der Waals surface area contributed by atoms with Crippen molar-refractivity contribution in [2.75, 3.05) is 32.0 Å². The van der Waals surface area contributed by atoms with Crippen molar-refractivity contribution in [2.24, 2.45) is 5.92 Å². The first-order valence-electron chi connectivity index (χ1n) is 6.47. The van der Waals surface area contributed by atoms with Crippen LogP contribution in [0.1, 0.15) is 19.8 Å². The second kappa shape index (κ2) is 5.44. The molecule has 18 heavy (non-hydrogen) atoms. The zero-order chi connectivity index (χ0) is 13.0. The third-order valence-corrected chi connectivity index (χ3v) is 3.68. The topological polar surface area (TPSA) is 54.9 Å². The molecule has 1 aromatic rings. The van der Waals surface area contributed by atoms with Crippen molar-refractivity contribution in [3.05, 3.63) is 18.6 Å². The number of amides is 1. The minimum Gasteiger partial charge on any atom is -0.318 e. The highest BCUT2D eigenvalue weighted by Gasteiger charge is 2.30. The van der Waals surface area contributed by atoms with Crippen molar-refractivity contribution >= 4 is 11.7 Å². The third kappa shape index (κ3) is 3.50. The molecule has 0 aromatic carbocycles. The Bertz CT molecular complexity index is 399. The van der Waals surface area contributed by atoms with Crippen LogP contribution in [0, 0.1) is 5.92 Å². The Hall–Kier alpha value is -1.49. The molecule has 0 atom stereocenters. The summed E-state index contributed by atoms with van der Waals surface area (Å²) in [6, 6.07) is 0. The predicted molar refractivity (Wildman–Crippen MR) is 69.8 cm³/mol. The van der Waals surface area contributed by atoms with E-state index in [4.69, 9.17) is 0 Å². The van der Waals surface area contributed by atoms with Crippen molar-refractivity contribution < 1.29 is 9.28 Å². The summed E-state index contributed by atoms with van der Waals surface area (Å²) in [7, 11) is 2.15. The van der Waals surface area contributed by atoms with Gasteiger partial charge in [-0.05, 0) is 18.8 Å². The van der Waals surface area contributed by atoms with Crippen LogP contribution in [0.25, 0.3) is 0 Å². The molecule has 1 amide bonds. The molecule has 2 heterocycles.